The molecule has 0 aromatic carbocycles. The molecule has 1 rings (SSSR count). The second-order valence-corrected chi connectivity index (χ2v) is 3.55. The van der Waals surface area contributed by atoms with Crippen LogP contribution in [0.3, 0.4) is 0 Å². The molecule has 0 spiro atoms. The largest absolute Gasteiger partial charge is 0.326 e. The topological polar surface area (TPSA) is 42.1 Å². The summed E-state index contributed by atoms with van der Waals surface area (Å²) in [5.41, 5.74) is 6.99. The number of nitrogens with zero attached hydrogens (tertiary/aromatic N) is 2. The summed E-state index contributed by atoms with van der Waals surface area (Å²) in [4.78, 5) is 6.32. The molecule has 0 aliphatic carbocycles. The van der Waals surface area contributed by atoms with Crippen LogP contribution in [0.5, 0.6) is 0 Å². The number of hydrogen-bond donors (Lipinski definition) is 1. The van der Waals surface area contributed by atoms with Crippen molar-refractivity contribution in [2.75, 3.05) is 20.6 Å². The minimum Gasteiger partial charge on any atom is -0.326 e. The van der Waals surface area contributed by atoms with Crippen LogP contribution in [0.2, 0.25) is 0 Å². The smallest absolute Gasteiger partial charge is 0.0419 e. The SMILES string of the molecule is CN(C)CC(N)Cc1ccccn1. The predicted octanol–water partition coefficient (Wildman–Crippen LogP) is 0.513. The van der Waals surface area contributed by atoms with Crippen LogP contribution in [0, 0.1) is 0 Å². The van der Waals surface area contributed by atoms with Crippen LogP contribution in [0.25, 0.3) is 0 Å². The summed E-state index contributed by atoms with van der Waals surface area (Å²) in [7, 11) is 4.05. The van der Waals surface area contributed by atoms with Crippen molar-refractivity contribution in [2.45, 2.75) is 12.5 Å². The second-order valence-electron chi connectivity index (χ2n) is 3.55. The van der Waals surface area contributed by atoms with Gasteiger partial charge in [0.1, 0.15) is 0 Å². The molecule has 0 saturated heterocycles. The lowest BCUT2D eigenvalue weighted by Gasteiger charge is -2.16. The van der Waals surface area contributed by atoms with Gasteiger partial charge in [-0.25, -0.2) is 0 Å². The Morgan fingerprint density at radius 1 is 1.46 bits per heavy atom. The lowest BCUT2D eigenvalue weighted by atomic mass is 10.1. The van der Waals surface area contributed by atoms with Crippen molar-refractivity contribution in [3.8, 4) is 0 Å². The standard InChI is InChI=1S/C10H17N3/c1-13(2)8-9(11)7-10-5-3-4-6-12-10/h3-6,9H,7-8,11H2,1-2H3. The first-order valence-electron chi connectivity index (χ1n) is 4.48. The maximum Gasteiger partial charge on any atom is 0.0419 e. The van der Waals surface area contributed by atoms with Crippen LogP contribution in [-0.4, -0.2) is 36.6 Å². The van der Waals surface area contributed by atoms with Gasteiger partial charge in [-0.1, -0.05) is 6.07 Å². The first-order chi connectivity index (χ1) is 6.18. The third-order valence-electron chi connectivity index (χ3n) is 1.80. The van der Waals surface area contributed by atoms with Gasteiger partial charge in [0.25, 0.3) is 0 Å². The van der Waals surface area contributed by atoms with Crippen LogP contribution >= 0.6 is 0 Å². The molecule has 1 atom stereocenters. The van der Waals surface area contributed by atoms with Gasteiger partial charge in [-0.2, -0.15) is 0 Å². The summed E-state index contributed by atoms with van der Waals surface area (Å²) >= 11 is 0. The Bertz CT molecular complexity index is 233. The fourth-order valence-electron chi connectivity index (χ4n) is 1.32. The molecule has 0 fully saturated rings. The molecule has 0 aliphatic heterocycles. The Hall–Kier alpha value is -0.930. The molecular weight excluding hydrogens is 162 g/mol. The Kier molecular flexibility index (Phi) is 3.86. The highest BCUT2D eigenvalue weighted by Crippen LogP contribution is 1.97. The molecule has 0 aliphatic rings. The number of rotatable bonds is 4. The third-order valence-corrected chi connectivity index (χ3v) is 1.80. The molecule has 0 bridgehead atoms. The van der Waals surface area contributed by atoms with Crippen molar-refractivity contribution < 1.29 is 0 Å². The van der Waals surface area contributed by atoms with Crippen molar-refractivity contribution in [1.29, 1.82) is 0 Å². The normalized spacial score (nSPS) is 13.2. The maximum atomic E-state index is 5.92. The lowest BCUT2D eigenvalue weighted by Crippen LogP contribution is -2.35. The van der Waals surface area contributed by atoms with Gasteiger partial charge in [0, 0.05) is 30.9 Å². The first kappa shape index (κ1) is 10.2. The van der Waals surface area contributed by atoms with Crippen LogP contribution in [0.1, 0.15) is 5.69 Å². The van der Waals surface area contributed by atoms with Crippen molar-refractivity contribution >= 4 is 0 Å². The van der Waals surface area contributed by atoms with Gasteiger partial charge >= 0.3 is 0 Å². The van der Waals surface area contributed by atoms with E-state index in [0.717, 1.165) is 18.7 Å². The molecule has 0 radical (unpaired) electrons. The van der Waals surface area contributed by atoms with Crippen molar-refractivity contribution in [3.05, 3.63) is 30.1 Å². The van der Waals surface area contributed by atoms with E-state index in [9.17, 15) is 0 Å². The molecule has 3 nitrogen and oxygen atoms in total. The highest BCUT2D eigenvalue weighted by Gasteiger charge is 2.05. The zero-order valence-corrected chi connectivity index (χ0v) is 8.27. The zero-order valence-electron chi connectivity index (χ0n) is 8.27. The Morgan fingerprint density at radius 2 is 2.23 bits per heavy atom. The Morgan fingerprint density at radius 3 is 2.77 bits per heavy atom. The van der Waals surface area contributed by atoms with Crippen LogP contribution < -0.4 is 5.73 Å². The molecule has 1 aromatic heterocycles. The number of aromatic nitrogens is 1. The Balaban J connectivity index is 2.41. The van der Waals surface area contributed by atoms with Crippen LogP contribution in [0.4, 0.5) is 0 Å². The van der Waals surface area contributed by atoms with E-state index in [1.807, 2.05) is 32.3 Å². The van der Waals surface area contributed by atoms with E-state index in [1.165, 1.54) is 0 Å². The minimum absolute atomic E-state index is 0.171. The molecule has 2 N–H and O–H groups in total. The predicted molar refractivity (Wildman–Crippen MR) is 54.5 cm³/mol. The lowest BCUT2D eigenvalue weighted by molar-refractivity contribution is 0.370. The molecule has 1 unspecified atom stereocenters. The van der Waals surface area contributed by atoms with Crippen molar-refractivity contribution in [2.24, 2.45) is 5.73 Å². The van der Waals surface area contributed by atoms with Gasteiger partial charge in [-0.05, 0) is 26.2 Å². The van der Waals surface area contributed by atoms with E-state index in [1.54, 1.807) is 6.20 Å². The van der Waals surface area contributed by atoms with Crippen LogP contribution in [-0.2, 0) is 6.42 Å². The summed E-state index contributed by atoms with van der Waals surface area (Å²) in [5.74, 6) is 0. The quantitative estimate of drug-likeness (QED) is 0.732. The summed E-state index contributed by atoms with van der Waals surface area (Å²) in [6, 6.07) is 6.09. The maximum absolute atomic E-state index is 5.92. The van der Waals surface area contributed by atoms with E-state index >= 15 is 0 Å². The highest BCUT2D eigenvalue weighted by atomic mass is 15.1. The number of hydrogen-bond acceptors (Lipinski definition) is 3. The molecular formula is C10H17N3. The molecule has 0 saturated carbocycles. The Labute approximate surface area is 79.6 Å². The summed E-state index contributed by atoms with van der Waals surface area (Å²) in [6.07, 6.45) is 2.65. The first-order valence-corrected chi connectivity index (χ1v) is 4.48. The molecule has 13 heavy (non-hydrogen) atoms. The molecule has 72 valence electrons. The van der Waals surface area contributed by atoms with Crippen molar-refractivity contribution in [3.63, 3.8) is 0 Å². The van der Waals surface area contributed by atoms with E-state index in [4.69, 9.17) is 5.73 Å². The van der Waals surface area contributed by atoms with Gasteiger partial charge in [-0.15, -0.1) is 0 Å². The average Bonchev–Trinajstić information content (AvgIpc) is 2.04. The minimum atomic E-state index is 0.171. The van der Waals surface area contributed by atoms with Gasteiger partial charge in [0.15, 0.2) is 0 Å². The number of likely N-dealkylation sites (N-methyl/N-ethyl adjacent to an activating group) is 1. The van der Waals surface area contributed by atoms with Gasteiger partial charge in [0.2, 0.25) is 0 Å². The summed E-state index contributed by atoms with van der Waals surface area (Å²) < 4.78 is 0. The van der Waals surface area contributed by atoms with Crippen molar-refractivity contribution in [1.82, 2.24) is 9.88 Å². The van der Waals surface area contributed by atoms with E-state index in [0.29, 0.717) is 0 Å². The summed E-state index contributed by atoms with van der Waals surface area (Å²) in [6.45, 7) is 0.899. The highest BCUT2D eigenvalue weighted by molar-refractivity contribution is 5.05. The number of pyridine rings is 1. The molecule has 0 amide bonds. The van der Waals surface area contributed by atoms with E-state index in [-0.39, 0.29) is 6.04 Å². The average molecular weight is 179 g/mol. The molecule has 1 heterocycles. The zero-order chi connectivity index (χ0) is 9.68. The van der Waals surface area contributed by atoms with Gasteiger partial charge < -0.3 is 10.6 Å². The summed E-state index contributed by atoms with van der Waals surface area (Å²) in [5, 5.41) is 0. The van der Waals surface area contributed by atoms with Crippen LogP contribution in [0.15, 0.2) is 24.4 Å². The van der Waals surface area contributed by atoms with E-state index in [2.05, 4.69) is 9.88 Å². The van der Waals surface area contributed by atoms with E-state index < -0.39 is 0 Å². The third kappa shape index (κ3) is 4.01. The fraction of sp³-hybridized carbons (Fsp3) is 0.500. The number of nitrogens with two attached hydrogens (primary N) is 1. The van der Waals surface area contributed by atoms with Gasteiger partial charge in [-0.3, -0.25) is 4.98 Å². The monoisotopic (exact) mass is 179 g/mol. The fourth-order valence-corrected chi connectivity index (χ4v) is 1.32. The molecule has 1 aromatic rings. The second kappa shape index (κ2) is 4.94. The van der Waals surface area contributed by atoms with Gasteiger partial charge in [0.05, 0.1) is 0 Å². The molecule has 3 heteroatoms.